The number of aliphatic hydroxyl groups excluding tert-OH is 1. The van der Waals surface area contributed by atoms with Crippen LogP contribution in [0.5, 0.6) is 5.75 Å². The third kappa shape index (κ3) is 4.47. The number of ether oxygens (including phenoxy) is 1. The summed E-state index contributed by atoms with van der Waals surface area (Å²) in [4.78, 5) is 0. The third-order valence-corrected chi connectivity index (χ3v) is 4.80. The van der Waals surface area contributed by atoms with Crippen LogP contribution in [0.1, 0.15) is 16.1 Å². The molecule has 0 aliphatic carbocycles. The minimum Gasteiger partial charge on any atom is -0.491 e. The van der Waals surface area contributed by atoms with Crippen molar-refractivity contribution in [2.75, 3.05) is 12.4 Å². The van der Waals surface area contributed by atoms with E-state index in [-0.39, 0.29) is 6.61 Å². The number of nitrogens with zero attached hydrogens (tertiary/aromatic N) is 2. The van der Waals surface area contributed by atoms with Gasteiger partial charge in [-0.1, -0.05) is 35.2 Å². The Kier molecular flexibility index (Phi) is 5.39. The van der Waals surface area contributed by atoms with Gasteiger partial charge in [-0.3, -0.25) is 0 Å². The van der Waals surface area contributed by atoms with Crippen LogP contribution < -0.4 is 4.74 Å². The molecule has 20 heavy (non-hydrogen) atoms. The number of aromatic nitrogens is 2. The first-order chi connectivity index (χ1) is 9.54. The Bertz CT molecular complexity index is 572. The van der Waals surface area contributed by atoms with Crippen LogP contribution >= 0.6 is 23.1 Å². The fourth-order valence-corrected chi connectivity index (χ4v) is 3.35. The van der Waals surface area contributed by atoms with Crippen molar-refractivity contribution in [1.82, 2.24) is 10.2 Å². The molecule has 1 aromatic heterocycles. The molecule has 0 saturated heterocycles. The van der Waals surface area contributed by atoms with Gasteiger partial charge < -0.3 is 9.84 Å². The van der Waals surface area contributed by atoms with Gasteiger partial charge in [-0.2, -0.15) is 0 Å². The number of rotatable bonds is 6. The van der Waals surface area contributed by atoms with E-state index >= 15 is 0 Å². The summed E-state index contributed by atoms with van der Waals surface area (Å²) in [7, 11) is 0. The highest BCUT2D eigenvalue weighted by Gasteiger charge is 2.10. The summed E-state index contributed by atoms with van der Waals surface area (Å²) in [5.74, 6) is 1.39. The molecule has 2 aromatic rings. The molecule has 0 fully saturated rings. The lowest BCUT2D eigenvalue weighted by Crippen LogP contribution is -2.20. The third-order valence-electron chi connectivity index (χ3n) is 2.68. The number of thioether (sulfide) groups is 1. The SMILES string of the molecule is Cc1ccc(C)c(OCC(O)CSc2nnc(C)s2)c1. The Morgan fingerprint density at radius 1 is 1.30 bits per heavy atom. The van der Waals surface area contributed by atoms with Crippen molar-refractivity contribution in [3.8, 4) is 5.75 Å². The number of benzene rings is 1. The molecule has 0 aliphatic rings. The molecule has 1 aromatic carbocycles. The Labute approximate surface area is 127 Å². The lowest BCUT2D eigenvalue weighted by Gasteiger charge is -2.13. The molecule has 1 unspecified atom stereocenters. The maximum absolute atomic E-state index is 9.95. The van der Waals surface area contributed by atoms with E-state index in [1.807, 2.05) is 39.0 Å². The first-order valence-corrected chi connectivity index (χ1v) is 8.16. The van der Waals surface area contributed by atoms with Crippen molar-refractivity contribution >= 4 is 23.1 Å². The molecule has 1 N–H and O–H groups in total. The summed E-state index contributed by atoms with van der Waals surface area (Å²) in [6.07, 6.45) is -0.524. The summed E-state index contributed by atoms with van der Waals surface area (Å²) in [6, 6.07) is 6.06. The van der Waals surface area contributed by atoms with Gasteiger partial charge in [0.05, 0.1) is 6.10 Å². The number of hydrogen-bond donors (Lipinski definition) is 1. The van der Waals surface area contributed by atoms with Gasteiger partial charge in [0.1, 0.15) is 17.4 Å². The lowest BCUT2D eigenvalue weighted by atomic mass is 10.1. The second kappa shape index (κ2) is 7.06. The van der Waals surface area contributed by atoms with Gasteiger partial charge in [0.15, 0.2) is 4.34 Å². The topological polar surface area (TPSA) is 55.2 Å². The van der Waals surface area contributed by atoms with Crippen molar-refractivity contribution in [2.24, 2.45) is 0 Å². The zero-order valence-electron chi connectivity index (χ0n) is 11.8. The van der Waals surface area contributed by atoms with E-state index < -0.39 is 6.10 Å². The summed E-state index contributed by atoms with van der Waals surface area (Å²) in [5, 5.41) is 18.8. The van der Waals surface area contributed by atoms with Crippen LogP contribution in [0.2, 0.25) is 0 Å². The summed E-state index contributed by atoms with van der Waals surface area (Å²) in [5.41, 5.74) is 2.23. The van der Waals surface area contributed by atoms with Crippen LogP contribution in [0.4, 0.5) is 0 Å². The molecule has 0 radical (unpaired) electrons. The van der Waals surface area contributed by atoms with E-state index in [4.69, 9.17) is 4.74 Å². The second-order valence-corrected chi connectivity index (χ2v) is 7.08. The largest absolute Gasteiger partial charge is 0.491 e. The molecule has 4 nitrogen and oxygen atoms in total. The summed E-state index contributed by atoms with van der Waals surface area (Å²) < 4.78 is 6.56. The first kappa shape index (κ1) is 15.3. The van der Waals surface area contributed by atoms with Crippen LogP contribution in [0.15, 0.2) is 22.5 Å². The molecule has 0 spiro atoms. The predicted molar refractivity (Wildman–Crippen MR) is 82.8 cm³/mol. The van der Waals surface area contributed by atoms with Crippen molar-refractivity contribution < 1.29 is 9.84 Å². The highest BCUT2D eigenvalue weighted by Crippen LogP contribution is 2.23. The van der Waals surface area contributed by atoms with E-state index in [0.29, 0.717) is 5.75 Å². The van der Waals surface area contributed by atoms with Gasteiger partial charge in [0.2, 0.25) is 0 Å². The van der Waals surface area contributed by atoms with Crippen molar-refractivity contribution in [2.45, 2.75) is 31.2 Å². The summed E-state index contributed by atoms with van der Waals surface area (Å²) in [6.45, 7) is 6.23. The minimum absolute atomic E-state index is 0.287. The van der Waals surface area contributed by atoms with Crippen molar-refractivity contribution in [3.63, 3.8) is 0 Å². The maximum Gasteiger partial charge on any atom is 0.174 e. The normalized spacial score (nSPS) is 12.4. The van der Waals surface area contributed by atoms with Gasteiger partial charge in [-0.05, 0) is 38.0 Å². The molecule has 0 amide bonds. The molecule has 1 atom stereocenters. The molecule has 1 heterocycles. The molecule has 0 saturated carbocycles. The van der Waals surface area contributed by atoms with Crippen LogP contribution in [-0.2, 0) is 0 Å². The van der Waals surface area contributed by atoms with E-state index in [0.717, 1.165) is 26.2 Å². The monoisotopic (exact) mass is 310 g/mol. The van der Waals surface area contributed by atoms with Crippen LogP contribution in [0.25, 0.3) is 0 Å². The second-order valence-electron chi connectivity index (χ2n) is 4.63. The molecule has 0 bridgehead atoms. The summed E-state index contributed by atoms with van der Waals surface area (Å²) >= 11 is 3.04. The standard InChI is InChI=1S/C14H18N2O2S2/c1-9-4-5-10(2)13(6-9)18-7-12(17)8-19-14-16-15-11(3)20-14/h4-6,12,17H,7-8H2,1-3H3. The minimum atomic E-state index is -0.524. The van der Waals surface area contributed by atoms with Crippen LogP contribution in [0, 0.1) is 20.8 Å². The molecule has 108 valence electrons. The molecule has 0 aliphatic heterocycles. The van der Waals surface area contributed by atoms with Crippen molar-refractivity contribution in [3.05, 3.63) is 34.3 Å². The highest BCUT2D eigenvalue weighted by molar-refractivity contribution is 8.01. The Hall–Kier alpha value is -1.11. The van der Waals surface area contributed by atoms with Crippen molar-refractivity contribution in [1.29, 1.82) is 0 Å². The van der Waals surface area contributed by atoms with E-state index in [1.165, 1.54) is 23.1 Å². The van der Waals surface area contributed by atoms with Gasteiger partial charge in [-0.15, -0.1) is 10.2 Å². The zero-order chi connectivity index (χ0) is 14.5. The Balaban J connectivity index is 1.80. The van der Waals surface area contributed by atoms with Gasteiger partial charge in [0.25, 0.3) is 0 Å². The van der Waals surface area contributed by atoms with Gasteiger partial charge in [-0.25, -0.2) is 0 Å². The fourth-order valence-electron chi connectivity index (χ4n) is 1.60. The van der Waals surface area contributed by atoms with Crippen LogP contribution in [-0.4, -0.2) is 33.8 Å². The number of aliphatic hydroxyl groups is 1. The Morgan fingerprint density at radius 3 is 2.80 bits per heavy atom. The fraction of sp³-hybridized carbons (Fsp3) is 0.429. The predicted octanol–water partition coefficient (Wildman–Crippen LogP) is 3.00. The molecular weight excluding hydrogens is 292 g/mol. The zero-order valence-corrected chi connectivity index (χ0v) is 13.4. The molecule has 6 heteroatoms. The molecular formula is C14H18N2O2S2. The number of hydrogen-bond acceptors (Lipinski definition) is 6. The van der Waals surface area contributed by atoms with E-state index in [2.05, 4.69) is 10.2 Å². The van der Waals surface area contributed by atoms with E-state index in [1.54, 1.807) is 0 Å². The smallest absolute Gasteiger partial charge is 0.174 e. The maximum atomic E-state index is 9.95. The highest BCUT2D eigenvalue weighted by atomic mass is 32.2. The Morgan fingerprint density at radius 2 is 2.10 bits per heavy atom. The average Bonchev–Trinajstić information content (AvgIpc) is 2.83. The first-order valence-electron chi connectivity index (χ1n) is 6.35. The quantitative estimate of drug-likeness (QED) is 0.831. The van der Waals surface area contributed by atoms with Gasteiger partial charge >= 0.3 is 0 Å². The lowest BCUT2D eigenvalue weighted by molar-refractivity contribution is 0.126. The van der Waals surface area contributed by atoms with Crippen LogP contribution in [0.3, 0.4) is 0 Å². The average molecular weight is 310 g/mol. The van der Waals surface area contributed by atoms with E-state index in [9.17, 15) is 5.11 Å². The van der Waals surface area contributed by atoms with Gasteiger partial charge in [0, 0.05) is 5.75 Å². The molecule has 2 rings (SSSR count). The number of aryl methyl sites for hydroxylation is 3.